The van der Waals surface area contributed by atoms with Crippen molar-refractivity contribution in [2.75, 3.05) is 25.0 Å². The Labute approximate surface area is 177 Å². The van der Waals surface area contributed by atoms with Crippen LogP contribution in [0.1, 0.15) is 15.9 Å². The molecule has 0 aliphatic carbocycles. The molecule has 0 radical (unpaired) electrons. The molecule has 0 aliphatic heterocycles. The summed E-state index contributed by atoms with van der Waals surface area (Å²) in [6.07, 6.45) is -0.177. The van der Waals surface area contributed by atoms with Crippen molar-refractivity contribution in [3.05, 3.63) is 101 Å². The Bertz CT molecular complexity index is 886. The zero-order chi connectivity index (χ0) is 20.5. The summed E-state index contributed by atoms with van der Waals surface area (Å²) in [6.45, 7) is 1.53. The summed E-state index contributed by atoms with van der Waals surface area (Å²) >= 11 is 5.99. The molecule has 150 valence electrons. The van der Waals surface area contributed by atoms with Crippen LogP contribution in [0.5, 0.6) is 0 Å². The van der Waals surface area contributed by atoms with Crippen LogP contribution in [0.25, 0.3) is 0 Å². The van der Waals surface area contributed by atoms with Crippen molar-refractivity contribution in [1.82, 2.24) is 5.32 Å². The molecule has 4 nitrogen and oxygen atoms in total. The molecule has 3 aromatic carbocycles. The van der Waals surface area contributed by atoms with E-state index >= 15 is 0 Å². The Morgan fingerprint density at radius 2 is 1.59 bits per heavy atom. The predicted octanol–water partition coefficient (Wildman–Crippen LogP) is 4.79. The molecule has 1 N–H and O–H groups in total. The van der Waals surface area contributed by atoms with Crippen molar-refractivity contribution in [2.24, 2.45) is 0 Å². The van der Waals surface area contributed by atoms with Crippen molar-refractivity contribution in [3.8, 4) is 0 Å². The van der Waals surface area contributed by atoms with Gasteiger partial charge in [0.05, 0.1) is 12.7 Å². The largest absolute Gasteiger partial charge is 0.372 e. The highest BCUT2D eigenvalue weighted by atomic mass is 35.5. The summed E-state index contributed by atoms with van der Waals surface area (Å²) in [5.41, 5.74) is 2.78. The maximum atomic E-state index is 12.4. The number of rotatable bonds is 9. The summed E-state index contributed by atoms with van der Waals surface area (Å²) < 4.78 is 6.15. The van der Waals surface area contributed by atoms with Crippen LogP contribution in [0.15, 0.2) is 84.9 Å². The maximum absolute atomic E-state index is 12.4. The number of amides is 1. The second-order valence-electron chi connectivity index (χ2n) is 6.85. The third-order valence-electron chi connectivity index (χ3n) is 4.60. The van der Waals surface area contributed by atoms with E-state index in [9.17, 15) is 4.79 Å². The first-order chi connectivity index (χ1) is 14.1. The SMILES string of the molecule is CN(CC(CNC(=O)c1ccccc1)OCc1ccccc1)c1ccc(Cl)cc1. The first kappa shape index (κ1) is 20.9. The number of likely N-dealkylation sites (N-methyl/N-ethyl adjacent to an activating group) is 1. The molecule has 1 unspecified atom stereocenters. The number of hydrogen-bond donors (Lipinski definition) is 1. The van der Waals surface area contributed by atoms with E-state index in [1.54, 1.807) is 12.1 Å². The average Bonchev–Trinajstić information content (AvgIpc) is 2.77. The molecule has 0 spiro atoms. The number of ether oxygens (including phenoxy) is 1. The molecule has 0 heterocycles. The van der Waals surface area contributed by atoms with Crippen LogP contribution in [0, 0.1) is 0 Å². The zero-order valence-electron chi connectivity index (χ0n) is 16.4. The van der Waals surface area contributed by atoms with Crippen molar-refractivity contribution >= 4 is 23.2 Å². The van der Waals surface area contributed by atoms with Gasteiger partial charge in [0, 0.05) is 36.4 Å². The van der Waals surface area contributed by atoms with Gasteiger partial charge in [-0.05, 0) is 42.0 Å². The molecule has 0 fully saturated rings. The van der Waals surface area contributed by atoms with E-state index in [-0.39, 0.29) is 12.0 Å². The molecule has 3 rings (SSSR count). The third kappa shape index (κ3) is 6.63. The van der Waals surface area contributed by atoms with Gasteiger partial charge < -0.3 is 15.0 Å². The monoisotopic (exact) mass is 408 g/mol. The standard InChI is InChI=1S/C24H25ClN2O2/c1-27(22-14-12-21(25)13-15-22)17-23(29-18-19-8-4-2-5-9-19)16-26-24(28)20-10-6-3-7-11-20/h2-15,23H,16-18H2,1H3,(H,26,28). The normalized spacial score (nSPS) is 11.7. The van der Waals surface area contributed by atoms with Crippen molar-refractivity contribution in [2.45, 2.75) is 12.7 Å². The van der Waals surface area contributed by atoms with Crippen LogP contribution in [-0.4, -0.2) is 32.1 Å². The molecule has 0 aromatic heterocycles. The number of anilines is 1. The average molecular weight is 409 g/mol. The van der Waals surface area contributed by atoms with E-state index < -0.39 is 0 Å². The third-order valence-corrected chi connectivity index (χ3v) is 4.85. The number of carbonyl (C=O) groups excluding carboxylic acids is 1. The predicted molar refractivity (Wildman–Crippen MR) is 119 cm³/mol. The number of hydrogen-bond acceptors (Lipinski definition) is 3. The quantitative estimate of drug-likeness (QED) is 0.553. The van der Waals surface area contributed by atoms with E-state index in [0.29, 0.717) is 30.3 Å². The number of halogens is 1. The van der Waals surface area contributed by atoms with Gasteiger partial charge >= 0.3 is 0 Å². The molecule has 5 heteroatoms. The lowest BCUT2D eigenvalue weighted by Crippen LogP contribution is -2.40. The second-order valence-corrected chi connectivity index (χ2v) is 7.29. The highest BCUT2D eigenvalue weighted by Gasteiger charge is 2.15. The minimum absolute atomic E-state index is 0.104. The van der Waals surface area contributed by atoms with Crippen LogP contribution in [0.3, 0.4) is 0 Å². The van der Waals surface area contributed by atoms with Crippen molar-refractivity contribution < 1.29 is 9.53 Å². The highest BCUT2D eigenvalue weighted by molar-refractivity contribution is 6.30. The maximum Gasteiger partial charge on any atom is 0.251 e. The smallest absolute Gasteiger partial charge is 0.251 e. The molecule has 0 saturated heterocycles. The number of carbonyl (C=O) groups is 1. The molecule has 0 aliphatic rings. The number of nitrogens with one attached hydrogen (secondary N) is 1. The molecular formula is C24H25ClN2O2. The van der Waals surface area contributed by atoms with E-state index in [4.69, 9.17) is 16.3 Å². The van der Waals surface area contributed by atoms with Gasteiger partial charge in [0.15, 0.2) is 0 Å². The van der Waals surface area contributed by atoms with Crippen molar-refractivity contribution in [1.29, 1.82) is 0 Å². The van der Waals surface area contributed by atoms with Gasteiger partial charge in [-0.3, -0.25) is 4.79 Å². The van der Waals surface area contributed by atoms with Crippen LogP contribution >= 0.6 is 11.6 Å². The molecular weight excluding hydrogens is 384 g/mol. The van der Waals surface area contributed by atoms with Gasteiger partial charge in [-0.2, -0.15) is 0 Å². The Morgan fingerprint density at radius 3 is 2.24 bits per heavy atom. The minimum atomic E-state index is -0.177. The highest BCUT2D eigenvalue weighted by Crippen LogP contribution is 2.17. The first-order valence-electron chi connectivity index (χ1n) is 9.57. The number of nitrogens with zero attached hydrogens (tertiary/aromatic N) is 1. The topological polar surface area (TPSA) is 41.6 Å². The van der Waals surface area contributed by atoms with Gasteiger partial charge in [0.1, 0.15) is 0 Å². The summed E-state index contributed by atoms with van der Waals surface area (Å²) in [5, 5.41) is 3.69. The van der Waals surface area contributed by atoms with Crippen LogP contribution in [0.4, 0.5) is 5.69 Å². The van der Waals surface area contributed by atoms with Crippen LogP contribution < -0.4 is 10.2 Å². The van der Waals surface area contributed by atoms with Gasteiger partial charge in [-0.15, -0.1) is 0 Å². The van der Waals surface area contributed by atoms with Crippen molar-refractivity contribution in [3.63, 3.8) is 0 Å². The first-order valence-corrected chi connectivity index (χ1v) is 9.95. The lowest BCUT2D eigenvalue weighted by molar-refractivity contribution is 0.0443. The fraction of sp³-hybridized carbons (Fsp3) is 0.208. The summed E-state index contributed by atoms with van der Waals surface area (Å²) in [5.74, 6) is -0.104. The van der Waals surface area contributed by atoms with E-state index in [0.717, 1.165) is 11.3 Å². The van der Waals surface area contributed by atoms with Crippen LogP contribution in [0.2, 0.25) is 5.02 Å². The van der Waals surface area contributed by atoms with Gasteiger partial charge in [-0.1, -0.05) is 60.1 Å². The van der Waals surface area contributed by atoms with Gasteiger partial charge in [0.2, 0.25) is 0 Å². The second kappa shape index (κ2) is 10.6. The Balaban J connectivity index is 1.63. The molecule has 3 aromatic rings. The zero-order valence-corrected chi connectivity index (χ0v) is 17.2. The molecule has 1 atom stereocenters. The minimum Gasteiger partial charge on any atom is -0.372 e. The Kier molecular flexibility index (Phi) is 7.68. The Morgan fingerprint density at radius 1 is 0.966 bits per heavy atom. The molecule has 29 heavy (non-hydrogen) atoms. The van der Waals surface area contributed by atoms with Crippen LogP contribution in [-0.2, 0) is 11.3 Å². The lowest BCUT2D eigenvalue weighted by atomic mass is 10.2. The molecule has 1 amide bonds. The van der Waals surface area contributed by atoms with Gasteiger partial charge in [-0.25, -0.2) is 0 Å². The van der Waals surface area contributed by atoms with Gasteiger partial charge in [0.25, 0.3) is 5.91 Å². The summed E-state index contributed by atoms with van der Waals surface area (Å²) in [6, 6.07) is 26.9. The molecule has 0 saturated carbocycles. The summed E-state index contributed by atoms with van der Waals surface area (Å²) in [7, 11) is 2.00. The van der Waals surface area contributed by atoms with E-state index in [1.807, 2.05) is 79.8 Å². The fourth-order valence-corrected chi connectivity index (χ4v) is 3.10. The number of benzene rings is 3. The lowest BCUT2D eigenvalue weighted by Gasteiger charge is -2.26. The van der Waals surface area contributed by atoms with E-state index in [2.05, 4.69) is 10.2 Å². The summed E-state index contributed by atoms with van der Waals surface area (Å²) in [4.78, 5) is 14.5. The Hall–Kier alpha value is -2.82. The molecule has 0 bridgehead atoms. The fourth-order valence-electron chi connectivity index (χ4n) is 2.97. The van der Waals surface area contributed by atoms with E-state index in [1.165, 1.54) is 0 Å².